The molecule has 8 heteroatoms. The van der Waals surface area contributed by atoms with E-state index in [0.717, 1.165) is 42.5 Å². The van der Waals surface area contributed by atoms with Gasteiger partial charge in [0.2, 0.25) is 0 Å². The monoisotopic (exact) mass is 525 g/mol. The molecular formula is C22H29FIN5O. The summed E-state index contributed by atoms with van der Waals surface area (Å²) in [6.45, 7) is 7.59. The van der Waals surface area contributed by atoms with Crippen molar-refractivity contribution in [2.24, 2.45) is 16.8 Å². The van der Waals surface area contributed by atoms with Gasteiger partial charge in [0, 0.05) is 43.2 Å². The molecular weight excluding hydrogens is 496 g/mol. The molecule has 5 rings (SSSR count). The molecule has 3 saturated heterocycles. The van der Waals surface area contributed by atoms with Gasteiger partial charge >= 0.3 is 0 Å². The molecule has 162 valence electrons. The fraction of sp³-hybridized carbons (Fsp3) is 0.545. The number of fused-ring (bicyclic) bond motifs is 5. The minimum Gasteiger partial charge on any atom is -0.374 e. The number of aromatic nitrogens is 2. The highest BCUT2D eigenvalue weighted by Crippen LogP contribution is 2.47. The number of likely N-dealkylation sites (tertiary alicyclic amines) is 1. The number of guanidine groups is 1. The van der Waals surface area contributed by atoms with Gasteiger partial charge in [-0.2, -0.15) is 5.10 Å². The first kappa shape index (κ1) is 21.5. The topological polar surface area (TPSA) is 54.7 Å². The number of nitrogens with one attached hydrogen (secondary N) is 1. The maximum Gasteiger partial charge on any atom is 0.194 e. The molecule has 2 bridgehead atoms. The van der Waals surface area contributed by atoms with Gasteiger partial charge in [-0.25, -0.2) is 14.1 Å². The maximum atomic E-state index is 13.2. The van der Waals surface area contributed by atoms with Crippen LogP contribution >= 0.6 is 24.0 Å². The highest BCUT2D eigenvalue weighted by molar-refractivity contribution is 14.0. The van der Waals surface area contributed by atoms with Gasteiger partial charge in [0.05, 0.1) is 30.1 Å². The Bertz CT molecular complexity index is 897. The lowest BCUT2D eigenvalue weighted by Crippen LogP contribution is -2.41. The van der Waals surface area contributed by atoms with Crippen molar-refractivity contribution in [2.75, 3.05) is 19.6 Å². The van der Waals surface area contributed by atoms with Crippen molar-refractivity contribution in [2.45, 2.75) is 45.4 Å². The molecule has 6 nitrogen and oxygen atoms in total. The summed E-state index contributed by atoms with van der Waals surface area (Å²) in [7, 11) is 0. The first-order valence-electron chi connectivity index (χ1n) is 10.6. The minimum atomic E-state index is -0.244. The lowest BCUT2D eigenvalue weighted by Gasteiger charge is -2.23. The molecule has 30 heavy (non-hydrogen) atoms. The van der Waals surface area contributed by atoms with Crippen molar-refractivity contribution in [3.8, 4) is 5.69 Å². The molecule has 4 atom stereocenters. The van der Waals surface area contributed by atoms with Crippen LogP contribution in [0.5, 0.6) is 0 Å². The Morgan fingerprint density at radius 1 is 1.20 bits per heavy atom. The number of hydrogen-bond acceptors (Lipinski definition) is 3. The van der Waals surface area contributed by atoms with Gasteiger partial charge in [-0.05, 0) is 51.0 Å². The molecule has 3 aliphatic heterocycles. The van der Waals surface area contributed by atoms with Crippen molar-refractivity contribution < 1.29 is 9.13 Å². The van der Waals surface area contributed by atoms with E-state index in [1.54, 1.807) is 16.8 Å². The number of nitrogens with zero attached hydrogens (tertiary/aromatic N) is 4. The van der Waals surface area contributed by atoms with E-state index < -0.39 is 0 Å². The quantitative estimate of drug-likeness (QED) is 0.377. The average Bonchev–Trinajstić information content (AvgIpc) is 3.47. The Hall–Kier alpha value is -1.68. The van der Waals surface area contributed by atoms with Crippen molar-refractivity contribution in [1.82, 2.24) is 20.0 Å². The second kappa shape index (κ2) is 8.82. The third-order valence-corrected chi connectivity index (χ3v) is 6.58. The molecule has 0 saturated carbocycles. The minimum absolute atomic E-state index is 0. The van der Waals surface area contributed by atoms with Crippen LogP contribution in [-0.4, -0.2) is 52.5 Å². The molecule has 1 aromatic heterocycles. The second-order valence-corrected chi connectivity index (χ2v) is 8.35. The number of benzene rings is 1. The first-order valence-corrected chi connectivity index (χ1v) is 10.6. The molecule has 1 N–H and O–H groups in total. The fourth-order valence-electron chi connectivity index (χ4n) is 5.10. The van der Waals surface area contributed by atoms with Crippen molar-refractivity contribution in [1.29, 1.82) is 0 Å². The van der Waals surface area contributed by atoms with Crippen molar-refractivity contribution in [3.05, 3.63) is 47.5 Å². The predicted octanol–water partition coefficient (Wildman–Crippen LogP) is 3.51. The second-order valence-electron chi connectivity index (χ2n) is 8.35. The van der Waals surface area contributed by atoms with E-state index in [-0.39, 0.29) is 29.8 Å². The largest absolute Gasteiger partial charge is 0.374 e. The summed E-state index contributed by atoms with van der Waals surface area (Å²) < 4.78 is 21.1. The van der Waals surface area contributed by atoms with Crippen LogP contribution < -0.4 is 5.32 Å². The normalized spacial score (nSPS) is 27.3. The van der Waals surface area contributed by atoms with Crippen LogP contribution in [0.2, 0.25) is 0 Å². The smallest absolute Gasteiger partial charge is 0.194 e. The molecule has 0 radical (unpaired) electrons. The maximum absolute atomic E-state index is 13.2. The number of aliphatic imine (C=N–C) groups is 1. The standard InChI is InChI=1S/C22H28FN5O.HI/c1-3-24-22(27-12-18-19(13-27)21-9-8-20(18)29-21)25-10-15-11-28(26-14(15)2)17-6-4-16(23)5-7-17;/h4-7,11,18-21H,3,8-10,12-13H2,1-2H3,(H,24,25);1H. The predicted molar refractivity (Wildman–Crippen MR) is 125 cm³/mol. The Morgan fingerprint density at radius 3 is 2.50 bits per heavy atom. The summed E-state index contributed by atoms with van der Waals surface area (Å²) in [6, 6.07) is 6.37. The van der Waals surface area contributed by atoms with Crippen LogP contribution in [0.15, 0.2) is 35.5 Å². The Kier molecular flexibility index (Phi) is 6.34. The molecule has 3 fully saturated rings. The van der Waals surface area contributed by atoms with E-state index in [2.05, 4.69) is 22.2 Å². The lowest BCUT2D eigenvalue weighted by atomic mass is 9.82. The van der Waals surface area contributed by atoms with E-state index >= 15 is 0 Å². The van der Waals surface area contributed by atoms with Crippen LogP contribution in [0.4, 0.5) is 4.39 Å². The van der Waals surface area contributed by atoms with Gasteiger partial charge < -0.3 is 15.0 Å². The SMILES string of the molecule is CCNC(=NCc1cn(-c2ccc(F)cc2)nc1C)N1CC2C3CCC(O3)C2C1.I. The van der Waals surface area contributed by atoms with E-state index in [1.807, 2.05) is 13.1 Å². The zero-order chi connectivity index (χ0) is 20.0. The van der Waals surface area contributed by atoms with Crippen LogP contribution in [0.3, 0.4) is 0 Å². The highest BCUT2D eigenvalue weighted by Gasteiger charge is 2.53. The molecule has 0 amide bonds. The van der Waals surface area contributed by atoms with Gasteiger partial charge in [0.25, 0.3) is 0 Å². The van der Waals surface area contributed by atoms with Gasteiger partial charge in [0.15, 0.2) is 5.96 Å². The molecule has 4 heterocycles. The first-order chi connectivity index (χ1) is 14.1. The van der Waals surface area contributed by atoms with Gasteiger partial charge in [-0.1, -0.05) is 0 Å². The summed E-state index contributed by atoms with van der Waals surface area (Å²) in [4.78, 5) is 7.33. The van der Waals surface area contributed by atoms with E-state index in [0.29, 0.717) is 30.6 Å². The number of halogens is 2. The number of aryl methyl sites for hydroxylation is 1. The highest BCUT2D eigenvalue weighted by atomic mass is 127. The van der Waals surface area contributed by atoms with E-state index in [4.69, 9.17) is 9.73 Å². The average molecular weight is 525 g/mol. The van der Waals surface area contributed by atoms with Crippen molar-refractivity contribution in [3.63, 3.8) is 0 Å². The van der Waals surface area contributed by atoms with Crippen LogP contribution in [0.1, 0.15) is 31.0 Å². The molecule has 2 aromatic rings. The number of hydrogen-bond donors (Lipinski definition) is 1. The number of ether oxygens (including phenoxy) is 1. The van der Waals surface area contributed by atoms with Gasteiger partial charge in [-0.15, -0.1) is 24.0 Å². The third kappa shape index (κ3) is 3.95. The van der Waals surface area contributed by atoms with Crippen LogP contribution in [0.25, 0.3) is 5.69 Å². The zero-order valence-electron chi connectivity index (χ0n) is 17.4. The summed E-state index contributed by atoms with van der Waals surface area (Å²) >= 11 is 0. The Balaban J connectivity index is 0.00000218. The number of rotatable bonds is 4. The molecule has 3 aliphatic rings. The zero-order valence-corrected chi connectivity index (χ0v) is 19.8. The lowest BCUT2D eigenvalue weighted by molar-refractivity contribution is 0.0767. The fourth-order valence-corrected chi connectivity index (χ4v) is 5.10. The van der Waals surface area contributed by atoms with Crippen LogP contribution in [-0.2, 0) is 11.3 Å². The summed E-state index contributed by atoms with van der Waals surface area (Å²) in [5.41, 5.74) is 2.87. The van der Waals surface area contributed by atoms with Crippen molar-refractivity contribution >= 4 is 29.9 Å². The summed E-state index contributed by atoms with van der Waals surface area (Å²) in [5.74, 6) is 2.04. The molecule has 1 aromatic carbocycles. The Morgan fingerprint density at radius 2 is 1.87 bits per heavy atom. The van der Waals surface area contributed by atoms with E-state index in [9.17, 15) is 4.39 Å². The molecule has 0 spiro atoms. The summed E-state index contributed by atoms with van der Waals surface area (Å²) in [5, 5.41) is 8.05. The van der Waals surface area contributed by atoms with Gasteiger partial charge in [-0.3, -0.25) is 0 Å². The van der Waals surface area contributed by atoms with Gasteiger partial charge in [0.1, 0.15) is 5.82 Å². The molecule has 0 aliphatic carbocycles. The third-order valence-electron chi connectivity index (χ3n) is 6.58. The molecule has 4 unspecified atom stereocenters. The van der Waals surface area contributed by atoms with Crippen LogP contribution in [0, 0.1) is 24.6 Å². The Labute approximate surface area is 193 Å². The van der Waals surface area contributed by atoms with E-state index in [1.165, 1.54) is 25.0 Å². The summed E-state index contributed by atoms with van der Waals surface area (Å²) in [6.07, 6.45) is 5.33.